The fourth-order valence-electron chi connectivity index (χ4n) is 3.10. The van der Waals surface area contributed by atoms with Crippen LogP contribution in [0.4, 0.5) is 4.79 Å². The van der Waals surface area contributed by atoms with E-state index >= 15 is 0 Å². The third-order valence-electron chi connectivity index (χ3n) is 4.75. The molecular weight excluding hydrogens is 435 g/mol. The Morgan fingerprint density at radius 3 is 2.00 bits per heavy atom. The zero-order chi connectivity index (χ0) is 21.8. The summed E-state index contributed by atoms with van der Waals surface area (Å²) < 4.78 is 5.79. The van der Waals surface area contributed by atoms with Crippen LogP contribution in [0.2, 0.25) is 10.0 Å². The summed E-state index contributed by atoms with van der Waals surface area (Å²) in [7, 11) is 0. The standard InChI is InChI=1S/C24H18Cl2N2O3/c25-19-7-1-17(2-8-19)14-28-22(23(29)27-24(28)30)13-16-5-11-21(12-6-16)31-15-18-3-9-20(26)10-4-18/h1-13H,14-15H2,(H,27,29,30)/b22-13+. The average molecular weight is 453 g/mol. The quantitative estimate of drug-likeness (QED) is 0.387. The molecule has 0 aliphatic carbocycles. The van der Waals surface area contributed by atoms with E-state index in [1.807, 2.05) is 60.7 Å². The van der Waals surface area contributed by atoms with Crippen molar-refractivity contribution in [1.29, 1.82) is 0 Å². The largest absolute Gasteiger partial charge is 0.489 e. The predicted molar refractivity (Wildman–Crippen MR) is 121 cm³/mol. The van der Waals surface area contributed by atoms with E-state index in [4.69, 9.17) is 27.9 Å². The molecule has 3 amide bonds. The molecule has 1 saturated heterocycles. The maximum Gasteiger partial charge on any atom is 0.329 e. The van der Waals surface area contributed by atoms with Gasteiger partial charge in [0.1, 0.15) is 18.1 Å². The number of hydrogen-bond donors (Lipinski definition) is 1. The highest BCUT2D eigenvalue weighted by molar-refractivity contribution is 6.30. The van der Waals surface area contributed by atoms with Crippen molar-refractivity contribution >= 4 is 41.2 Å². The molecule has 3 aromatic carbocycles. The molecule has 1 aliphatic rings. The van der Waals surface area contributed by atoms with E-state index in [0.717, 1.165) is 16.7 Å². The minimum absolute atomic E-state index is 0.267. The molecule has 0 atom stereocenters. The van der Waals surface area contributed by atoms with E-state index in [0.29, 0.717) is 22.4 Å². The van der Waals surface area contributed by atoms with Gasteiger partial charge in [-0.25, -0.2) is 4.79 Å². The van der Waals surface area contributed by atoms with Gasteiger partial charge in [-0.15, -0.1) is 0 Å². The Balaban J connectivity index is 1.46. The topological polar surface area (TPSA) is 58.6 Å². The Bertz CT molecular complexity index is 1120. The van der Waals surface area contributed by atoms with Crippen molar-refractivity contribution in [3.8, 4) is 5.75 Å². The highest BCUT2D eigenvalue weighted by Crippen LogP contribution is 2.22. The van der Waals surface area contributed by atoms with E-state index in [2.05, 4.69) is 5.32 Å². The molecule has 3 aromatic rings. The molecular formula is C24H18Cl2N2O3. The normalized spacial score (nSPS) is 14.8. The van der Waals surface area contributed by atoms with Gasteiger partial charge < -0.3 is 4.74 Å². The Morgan fingerprint density at radius 2 is 1.39 bits per heavy atom. The summed E-state index contributed by atoms with van der Waals surface area (Å²) >= 11 is 11.8. The van der Waals surface area contributed by atoms with Crippen molar-refractivity contribution in [3.63, 3.8) is 0 Å². The first-order valence-electron chi connectivity index (χ1n) is 9.54. The van der Waals surface area contributed by atoms with Crippen molar-refractivity contribution < 1.29 is 14.3 Å². The van der Waals surface area contributed by atoms with Gasteiger partial charge in [-0.2, -0.15) is 0 Å². The third kappa shape index (κ3) is 5.26. The van der Waals surface area contributed by atoms with E-state index in [-0.39, 0.29) is 12.2 Å². The van der Waals surface area contributed by atoms with E-state index in [1.165, 1.54) is 4.90 Å². The molecule has 4 rings (SSSR count). The molecule has 7 heteroatoms. The number of urea groups is 1. The molecule has 0 saturated carbocycles. The van der Waals surface area contributed by atoms with Crippen LogP contribution in [0.3, 0.4) is 0 Å². The molecule has 0 aromatic heterocycles. The molecule has 1 aliphatic heterocycles. The van der Waals surface area contributed by atoms with Crippen LogP contribution < -0.4 is 10.1 Å². The number of carbonyl (C=O) groups excluding carboxylic acids is 2. The van der Waals surface area contributed by atoms with Gasteiger partial charge >= 0.3 is 6.03 Å². The lowest BCUT2D eigenvalue weighted by Crippen LogP contribution is -2.27. The van der Waals surface area contributed by atoms with E-state index < -0.39 is 11.9 Å². The van der Waals surface area contributed by atoms with Crippen molar-refractivity contribution in [2.24, 2.45) is 0 Å². The van der Waals surface area contributed by atoms with Gasteiger partial charge in [-0.1, -0.05) is 59.6 Å². The van der Waals surface area contributed by atoms with Crippen LogP contribution >= 0.6 is 23.2 Å². The Morgan fingerprint density at radius 1 is 0.806 bits per heavy atom. The first kappa shape index (κ1) is 21.0. The minimum atomic E-state index is -0.450. The Hall–Kier alpha value is -3.28. The lowest BCUT2D eigenvalue weighted by molar-refractivity contribution is -0.116. The van der Waals surface area contributed by atoms with Crippen LogP contribution in [0, 0.1) is 0 Å². The molecule has 0 radical (unpaired) electrons. The van der Waals surface area contributed by atoms with Crippen LogP contribution in [-0.2, 0) is 17.9 Å². The zero-order valence-electron chi connectivity index (χ0n) is 16.3. The number of nitrogens with zero attached hydrogens (tertiary/aromatic N) is 1. The number of carbonyl (C=O) groups is 2. The summed E-state index contributed by atoms with van der Waals surface area (Å²) in [6.45, 7) is 0.687. The summed E-state index contributed by atoms with van der Waals surface area (Å²) in [6.07, 6.45) is 1.68. The van der Waals surface area contributed by atoms with Crippen molar-refractivity contribution in [3.05, 3.63) is 105 Å². The smallest absolute Gasteiger partial charge is 0.329 e. The summed E-state index contributed by atoms with van der Waals surface area (Å²) in [5.41, 5.74) is 2.94. The van der Waals surface area contributed by atoms with E-state index in [1.54, 1.807) is 18.2 Å². The number of nitrogens with one attached hydrogen (secondary N) is 1. The number of hydrogen-bond acceptors (Lipinski definition) is 3. The number of benzene rings is 3. The maximum atomic E-state index is 12.3. The molecule has 31 heavy (non-hydrogen) atoms. The fraction of sp³-hybridized carbons (Fsp3) is 0.0833. The lowest BCUT2D eigenvalue weighted by atomic mass is 10.1. The van der Waals surface area contributed by atoms with E-state index in [9.17, 15) is 9.59 Å². The number of rotatable bonds is 6. The van der Waals surface area contributed by atoms with Gasteiger partial charge in [0.2, 0.25) is 0 Å². The molecule has 0 spiro atoms. The first-order valence-corrected chi connectivity index (χ1v) is 10.3. The van der Waals surface area contributed by atoms with Crippen LogP contribution in [0.15, 0.2) is 78.5 Å². The number of amides is 3. The summed E-state index contributed by atoms with van der Waals surface area (Å²) in [4.78, 5) is 26.0. The number of ether oxygens (including phenoxy) is 1. The predicted octanol–water partition coefficient (Wildman–Crippen LogP) is 5.67. The van der Waals surface area contributed by atoms with Gasteiger partial charge in [0.25, 0.3) is 5.91 Å². The first-order chi connectivity index (χ1) is 15.0. The third-order valence-corrected chi connectivity index (χ3v) is 5.25. The Labute approximate surface area is 189 Å². The second-order valence-electron chi connectivity index (χ2n) is 6.99. The molecule has 156 valence electrons. The summed E-state index contributed by atoms with van der Waals surface area (Å²) in [5.74, 6) is 0.268. The molecule has 0 bridgehead atoms. The van der Waals surface area contributed by atoms with Crippen molar-refractivity contribution in [1.82, 2.24) is 10.2 Å². The van der Waals surface area contributed by atoms with Crippen molar-refractivity contribution in [2.75, 3.05) is 0 Å². The monoisotopic (exact) mass is 452 g/mol. The molecule has 1 fully saturated rings. The van der Waals surface area contributed by atoms with Gasteiger partial charge in [0.15, 0.2) is 0 Å². The van der Waals surface area contributed by atoms with Crippen LogP contribution in [-0.4, -0.2) is 16.8 Å². The van der Waals surface area contributed by atoms with Crippen molar-refractivity contribution in [2.45, 2.75) is 13.2 Å². The van der Waals surface area contributed by atoms with Crippen LogP contribution in [0.1, 0.15) is 16.7 Å². The SMILES string of the molecule is O=C1NC(=O)N(Cc2ccc(Cl)cc2)/C1=C/c1ccc(OCc2ccc(Cl)cc2)cc1. The van der Waals surface area contributed by atoms with Crippen LogP contribution in [0.25, 0.3) is 6.08 Å². The second-order valence-corrected chi connectivity index (χ2v) is 7.86. The summed E-state index contributed by atoms with van der Waals surface area (Å²) in [6, 6.07) is 21.5. The second kappa shape index (κ2) is 9.25. The lowest BCUT2D eigenvalue weighted by Gasteiger charge is -2.15. The summed E-state index contributed by atoms with van der Waals surface area (Å²) in [5, 5.41) is 3.63. The highest BCUT2D eigenvalue weighted by atomic mass is 35.5. The number of halogens is 2. The minimum Gasteiger partial charge on any atom is -0.489 e. The van der Waals surface area contributed by atoms with Gasteiger partial charge in [-0.3, -0.25) is 15.0 Å². The molecule has 5 nitrogen and oxygen atoms in total. The number of imide groups is 1. The van der Waals surface area contributed by atoms with Gasteiger partial charge in [-0.05, 0) is 59.2 Å². The van der Waals surface area contributed by atoms with Gasteiger partial charge in [0.05, 0.1) is 6.54 Å². The van der Waals surface area contributed by atoms with Crippen LogP contribution in [0.5, 0.6) is 5.75 Å². The highest BCUT2D eigenvalue weighted by Gasteiger charge is 2.32. The molecule has 0 unspecified atom stereocenters. The molecule has 1 N–H and O–H groups in total. The maximum absolute atomic E-state index is 12.3. The Kier molecular flexibility index (Phi) is 6.26. The van der Waals surface area contributed by atoms with Gasteiger partial charge in [0, 0.05) is 10.0 Å². The zero-order valence-corrected chi connectivity index (χ0v) is 17.9. The molecule has 1 heterocycles. The average Bonchev–Trinajstić information content (AvgIpc) is 3.03. The fourth-order valence-corrected chi connectivity index (χ4v) is 3.35.